The third-order valence-electron chi connectivity index (χ3n) is 1.99. The molecule has 0 amide bonds. The van der Waals surface area contributed by atoms with Crippen LogP contribution in [0.2, 0.25) is 0 Å². The highest BCUT2D eigenvalue weighted by atomic mass is 16.2. The first-order valence-electron chi connectivity index (χ1n) is 5.48. The van der Waals surface area contributed by atoms with E-state index in [4.69, 9.17) is 5.11 Å². The van der Waals surface area contributed by atoms with Crippen LogP contribution in [-0.4, -0.2) is 11.7 Å². The van der Waals surface area contributed by atoms with Gasteiger partial charge < -0.3 is 5.11 Å². The maximum Gasteiger partial charge on any atom is 0.0440 e. The van der Waals surface area contributed by atoms with Gasteiger partial charge in [0.1, 0.15) is 0 Å². The van der Waals surface area contributed by atoms with Gasteiger partial charge in [-0.05, 0) is 12.8 Å². The van der Waals surface area contributed by atoms with Gasteiger partial charge >= 0.3 is 0 Å². The molecule has 0 saturated carbocycles. The van der Waals surface area contributed by atoms with E-state index in [-0.39, 0.29) is 6.61 Å². The van der Waals surface area contributed by atoms with Gasteiger partial charge in [-0.3, -0.25) is 0 Å². The van der Waals surface area contributed by atoms with Crippen LogP contribution in [0.15, 0.2) is 0 Å². The lowest BCUT2D eigenvalue weighted by Crippen LogP contribution is -1.79. The smallest absolute Gasteiger partial charge is 0.0440 e. The van der Waals surface area contributed by atoms with Crippen LogP contribution in [0.1, 0.15) is 58.3 Å². The molecule has 0 atom stereocenters. The number of unbranched alkanes of at least 4 members (excludes halogenated alkanes) is 6. The molecule has 0 saturated heterocycles. The van der Waals surface area contributed by atoms with E-state index >= 15 is 0 Å². The lowest BCUT2D eigenvalue weighted by Gasteiger charge is -1.94. The Bertz CT molecular complexity index is 141. The zero-order valence-electron chi connectivity index (χ0n) is 8.81. The van der Waals surface area contributed by atoms with Crippen LogP contribution in [0.4, 0.5) is 0 Å². The Hall–Kier alpha value is -0.480. The fourth-order valence-electron chi connectivity index (χ4n) is 1.16. The summed E-state index contributed by atoms with van der Waals surface area (Å²) in [4.78, 5) is 0. The summed E-state index contributed by atoms with van der Waals surface area (Å²) in [5.41, 5.74) is 0. The van der Waals surface area contributed by atoms with Crippen molar-refractivity contribution in [1.82, 2.24) is 0 Å². The number of aliphatic hydroxyl groups excluding tert-OH is 1. The Morgan fingerprint density at radius 2 is 1.46 bits per heavy atom. The van der Waals surface area contributed by atoms with E-state index in [1.165, 1.54) is 32.1 Å². The average molecular weight is 182 g/mol. The SMILES string of the molecule is CCCCCCCC#CCCCO. The Morgan fingerprint density at radius 1 is 0.846 bits per heavy atom. The number of aliphatic hydroxyl groups is 1. The molecule has 0 aromatic rings. The summed E-state index contributed by atoms with van der Waals surface area (Å²) in [5, 5.41) is 8.50. The van der Waals surface area contributed by atoms with Crippen LogP contribution >= 0.6 is 0 Å². The Morgan fingerprint density at radius 3 is 2.08 bits per heavy atom. The van der Waals surface area contributed by atoms with Crippen LogP contribution in [-0.2, 0) is 0 Å². The molecular formula is C12H22O. The normalized spacial score (nSPS) is 9.38. The van der Waals surface area contributed by atoms with E-state index in [9.17, 15) is 0 Å². The third-order valence-corrected chi connectivity index (χ3v) is 1.99. The van der Waals surface area contributed by atoms with Crippen molar-refractivity contribution in [3.63, 3.8) is 0 Å². The fraction of sp³-hybridized carbons (Fsp3) is 0.833. The maximum absolute atomic E-state index is 8.50. The maximum atomic E-state index is 8.50. The molecule has 1 heteroatoms. The summed E-state index contributed by atoms with van der Waals surface area (Å²) < 4.78 is 0. The third kappa shape index (κ3) is 11.5. The molecule has 0 aliphatic heterocycles. The Kier molecular flexibility index (Phi) is 11.1. The van der Waals surface area contributed by atoms with E-state index in [2.05, 4.69) is 18.8 Å². The molecule has 0 aliphatic carbocycles. The first-order chi connectivity index (χ1) is 6.41. The van der Waals surface area contributed by atoms with E-state index in [0.717, 1.165) is 19.3 Å². The van der Waals surface area contributed by atoms with E-state index in [0.29, 0.717) is 0 Å². The van der Waals surface area contributed by atoms with E-state index in [1.54, 1.807) is 0 Å². The predicted molar refractivity (Wildman–Crippen MR) is 57.5 cm³/mol. The van der Waals surface area contributed by atoms with Crippen molar-refractivity contribution >= 4 is 0 Å². The highest BCUT2D eigenvalue weighted by molar-refractivity contribution is 4.98. The van der Waals surface area contributed by atoms with Crippen LogP contribution in [0.3, 0.4) is 0 Å². The molecule has 0 unspecified atom stereocenters. The van der Waals surface area contributed by atoms with Gasteiger partial charge in [0, 0.05) is 19.4 Å². The van der Waals surface area contributed by atoms with E-state index < -0.39 is 0 Å². The molecule has 0 aliphatic rings. The van der Waals surface area contributed by atoms with Gasteiger partial charge in [0.2, 0.25) is 0 Å². The van der Waals surface area contributed by atoms with Crippen molar-refractivity contribution in [3.05, 3.63) is 0 Å². The van der Waals surface area contributed by atoms with Gasteiger partial charge in [-0.25, -0.2) is 0 Å². The molecule has 0 fully saturated rings. The minimum Gasteiger partial charge on any atom is -0.396 e. The number of rotatable bonds is 7. The van der Waals surface area contributed by atoms with Crippen LogP contribution in [0, 0.1) is 11.8 Å². The molecule has 0 bridgehead atoms. The minimum absolute atomic E-state index is 0.269. The molecular weight excluding hydrogens is 160 g/mol. The van der Waals surface area contributed by atoms with Crippen LogP contribution in [0.5, 0.6) is 0 Å². The molecule has 1 N–H and O–H groups in total. The van der Waals surface area contributed by atoms with Gasteiger partial charge in [-0.2, -0.15) is 0 Å². The van der Waals surface area contributed by atoms with Gasteiger partial charge in [0.05, 0.1) is 0 Å². The molecule has 0 heterocycles. The van der Waals surface area contributed by atoms with Crippen molar-refractivity contribution in [1.29, 1.82) is 0 Å². The Balaban J connectivity index is 2.99. The zero-order chi connectivity index (χ0) is 9.78. The lowest BCUT2D eigenvalue weighted by atomic mass is 10.1. The molecule has 0 aromatic carbocycles. The molecule has 76 valence electrons. The van der Waals surface area contributed by atoms with Crippen molar-refractivity contribution in [2.45, 2.75) is 58.3 Å². The standard InChI is InChI=1S/C12H22O/c1-2-3-4-5-6-7-8-9-10-11-12-13/h13H,2-7,10-12H2,1H3. The highest BCUT2D eigenvalue weighted by Gasteiger charge is 1.85. The first kappa shape index (κ1) is 12.5. The topological polar surface area (TPSA) is 20.2 Å². The second-order valence-electron chi connectivity index (χ2n) is 3.34. The second-order valence-corrected chi connectivity index (χ2v) is 3.34. The quantitative estimate of drug-likeness (QED) is 0.474. The summed E-state index contributed by atoms with van der Waals surface area (Å²) in [6.45, 7) is 2.50. The molecule has 1 nitrogen and oxygen atoms in total. The van der Waals surface area contributed by atoms with Gasteiger partial charge in [-0.15, -0.1) is 11.8 Å². The summed E-state index contributed by atoms with van der Waals surface area (Å²) in [6.07, 6.45) is 9.30. The molecule has 13 heavy (non-hydrogen) atoms. The Labute approximate surface area is 82.5 Å². The zero-order valence-corrected chi connectivity index (χ0v) is 8.81. The van der Waals surface area contributed by atoms with Crippen LogP contribution in [0.25, 0.3) is 0 Å². The molecule has 0 aromatic heterocycles. The molecule has 0 spiro atoms. The highest BCUT2D eigenvalue weighted by Crippen LogP contribution is 2.03. The molecule has 0 radical (unpaired) electrons. The fourth-order valence-corrected chi connectivity index (χ4v) is 1.16. The number of hydrogen-bond acceptors (Lipinski definition) is 1. The van der Waals surface area contributed by atoms with Crippen molar-refractivity contribution in [3.8, 4) is 11.8 Å². The minimum atomic E-state index is 0.269. The van der Waals surface area contributed by atoms with Gasteiger partial charge in [-0.1, -0.05) is 32.6 Å². The van der Waals surface area contributed by atoms with Crippen LogP contribution < -0.4 is 0 Å². The number of hydrogen-bond donors (Lipinski definition) is 1. The van der Waals surface area contributed by atoms with Crippen molar-refractivity contribution < 1.29 is 5.11 Å². The van der Waals surface area contributed by atoms with Gasteiger partial charge in [0.15, 0.2) is 0 Å². The van der Waals surface area contributed by atoms with Crippen molar-refractivity contribution in [2.75, 3.05) is 6.61 Å². The molecule has 0 rings (SSSR count). The van der Waals surface area contributed by atoms with Gasteiger partial charge in [0.25, 0.3) is 0 Å². The monoisotopic (exact) mass is 182 g/mol. The predicted octanol–water partition coefficient (Wildman–Crippen LogP) is 3.12. The average Bonchev–Trinajstić information content (AvgIpc) is 2.16. The first-order valence-corrected chi connectivity index (χ1v) is 5.48. The van der Waals surface area contributed by atoms with Crippen molar-refractivity contribution in [2.24, 2.45) is 0 Å². The second kappa shape index (κ2) is 11.5. The summed E-state index contributed by atoms with van der Waals surface area (Å²) in [5.74, 6) is 6.20. The largest absolute Gasteiger partial charge is 0.396 e. The summed E-state index contributed by atoms with van der Waals surface area (Å²) in [6, 6.07) is 0. The lowest BCUT2D eigenvalue weighted by molar-refractivity contribution is 0.290. The summed E-state index contributed by atoms with van der Waals surface area (Å²) in [7, 11) is 0. The summed E-state index contributed by atoms with van der Waals surface area (Å²) >= 11 is 0. The van der Waals surface area contributed by atoms with E-state index in [1.807, 2.05) is 0 Å².